The molecule has 0 radical (unpaired) electrons. The summed E-state index contributed by atoms with van der Waals surface area (Å²) in [5, 5.41) is 3.82. The molecule has 92 valence electrons. The third-order valence-electron chi connectivity index (χ3n) is 4.37. The van der Waals surface area contributed by atoms with Gasteiger partial charge in [0.1, 0.15) is 0 Å². The van der Waals surface area contributed by atoms with Crippen LogP contribution in [0.1, 0.15) is 37.8 Å². The van der Waals surface area contributed by atoms with Crippen LogP contribution >= 0.6 is 0 Å². The second kappa shape index (κ2) is 4.79. The quantitative estimate of drug-likeness (QED) is 0.858. The Morgan fingerprint density at radius 2 is 2.00 bits per heavy atom. The number of fused-ring (bicyclic) bond motifs is 1. The number of rotatable bonds is 3. The minimum Gasteiger partial charge on any atom is -0.306 e. The summed E-state index contributed by atoms with van der Waals surface area (Å²) >= 11 is 0. The predicted molar refractivity (Wildman–Crippen MR) is 71.0 cm³/mol. The zero-order chi connectivity index (χ0) is 11.7. The van der Waals surface area contributed by atoms with Crippen molar-refractivity contribution in [1.82, 2.24) is 10.2 Å². The van der Waals surface area contributed by atoms with E-state index in [1.54, 1.807) is 0 Å². The fourth-order valence-electron chi connectivity index (χ4n) is 3.44. The van der Waals surface area contributed by atoms with Crippen molar-refractivity contribution in [3.8, 4) is 0 Å². The van der Waals surface area contributed by atoms with Gasteiger partial charge < -0.3 is 5.32 Å². The zero-order valence-corrected chi connectivity index (χ0v) is 10.6. The fraction of sp³-hybridized carbons (Fsp3) is 0.600. The molecule has 3 unspecified atom stereocenters. The van der Waals surface area contributed by atoms with Crippen LogP contribution in [-0.4, -0.2) is 30.1 Å². The lowest BCUT2D eigenvalue weighted by Gasteiger charge is -2.25. The van der Waals surface area contributed by atoms with E-state index < -0.39 is 0 Å². The molecule has 0 spiro atoms. The average Bonchev–Trinajstić information content (AvgIpc) is 2.95. The minimum absolute atomic E-state index is 0.474. The van der Waals surface area contributed by atoms with Crippen molar-refractivity contribution in [3.05, 3.63) is 35.9 Å². The molecule has 3 atom stereocenters. The number of benzene rings is 1. The van der Waals surface area contributed by atoms with Gasteiger partial charge in [-0.25, -0.2) is 0 Å². The Labute approximate surface area is 104 Å². The van der Waals surface area contributed by atoms with Crippen molar-refractivity contribution in [2.45, 2.75) is 44.3 Å². The minimum atomic E-state index is 0.474. The summed E-state index contributed by atoms with van der Waals surface area (Å²) in [6.45, 7) is 4.90. The van der Waals surface area contributed by atoms with E-state index in [9.17, 15) is 0 Å². The van der Waals surface area contributed by atoms with E-state index in [1.807, 2.05) is 0 Å². The molecule has 0 amide bonds. The molecule has 1 aromatic rings. The molecule has 2 heterocycles. The molecule has 17 heavy (non-hydrogen) atoms. The molecule has 2 aliphatic rings. The van der Waals surface area contributed by atoms with Crippen LogP contribution in [0.4, 0.5) is 0 Å². The number of nitrogens with zero attached hydrogens (tertiary/aromatic N) is 1. The molecule has 2 fully saturated rings. The first-order chi connectivity index (χ1) is 8.34. The third kappa shape index (κ3) is 2.24. The second-order valence-electron chi connectivity index (χ2n) is 5.44. The highest BCUT2D eigenvalue weighted by Crippen LogP contribution is 2.29. The van der Waals surface area contributed by atoms with Crippen LogP contribution in [0, 0.1) is 0 Å². The van der Waals surface area contributed by atoms with Crippen LogP contribution in [0.5, 0.6) is 0 Å². The van der Waals surface area contributed by atoms with Crippen LogP contribution in [0.2, 0.25) is 0 Å². The second-order valence-corrected chi connectivity index (χ2v) is 5.44. The van der Waals surface area contributed by atoms with Gasteiger partial charge in [-0.15, -0.1) is 0 Å². The van der Waals surface area contributed by atoms with Crippen LogP contribution in [-0.2, 0) is 0 Å². The topological polar surface area (TPSA) is 15.3 Å². The molecule has 0 aliphatic carbocycles. The summed E-state index contributed by atoms with van der Waals surface area (Å²) in [6.07, 6.45) is 4.10. The summed E-state index contributed by atoms with van der Waals surface area (Å²) in [6, 6.07) is 12.8. The lowest BCUT2D eigenvalue weighted by Crippen LogP contribution is -2.40. The first-order valence-electron chi connectivity index (χ1n) is 6.89. The van der Waals surface area contributed by atoms with Gasteiger partial charge in [0.2, 0.25) is 0 Å². The smallest absolute Gasteiger partial charge is 0.0295 e. The fourth-order valence-corrected chi connectivity index (χ4v) is 3.44. The molecule has 1 aromatic carbocycles. The maximum atomic E-state index is 3.82. The van der Waals surface area contributed by atoms with Gasteiger partial charge in [0.05, 0.1) is 0 Å². The maximum absolute atomic E-state index is 3.82. The Bertz CT molecular complexity index is 362. The van der Waals surface area contributed by atoms with E-state index in [4.69, 9.17) is 0 Å². The highest BCUT2D eigenvalue weighted by atomic mass is 15.2. The molecule has 0 saturated carbocycles. The van der Waals surface area contributed by atoms with Gasteiger partial charge in [0.15, 0.2) is 0 Å². The van der Waals surface area contributed by atoms with Crippen LogP contribution < -0.4 is 5.32 Å². The Morgan fingerprint density at radius 3 is 2.82 bits per heavy atom. The Hall–Kier alpha value is -0.860. The van der Waals surface area contributed by atoms with Gasteiger partial charge in [-0.3, -0.25) is 4.90 Å². The van der Waals surface area contributed by atoms with Gasteiger partial charge in [-0.05, 0) is 38.3 Å². The van der Waals surface area contributed by atoms with Gasteiger partial charge in [-0.2, -0.15) is 0 Å². The summed E-state index contributed by atoms with van der Waals surface area (Å²) in [4.78, 5) is 2.66. The largest absolute Gasteiger partial charge is 0.306 e. The van der Waals surface area contributed by atoms with Crippen molar-refractivity contribution in [2.75, 3.05) is 13.1 Å². The molecule has 2 heteroatoms. The summed E-state index contributed by atoms with van der Waals surface area (Å²) in [5.41, 5.74) is 1.41. The molecule has 2 aliphatic heterocycles. The monoisotopic (exact) mass is 230 g/mol. The average molecular weight is 230 g/mol. The first-order valence-corrected chi connectivity index (χ1v) is 6.89. The molecule has 3 rings (SSSR count). The lowest BCUT2D eigenvalue weighted by atomic mass is 10.0. The molecule has 2 nitrogen and oxygen atoms in total. The predicted octanol–water partition coefficient (Wildman–Crippen LogP) is 2.57. The zero-order valence-electron chi connectivity index (χ0n) is 10.6. The van der Waals surface area contributed by atoms with E-state index in [2.05, 4.69) is 47.5 Å². The Kier molecular flexibility index (Phi) is 3.17. The van der Waals surface area contributed by atoms with Crippen LogP contribution in [0.25, 0.3) is 0 Å². The number of hydrogen-bond donors (Lipinski definition) is 1. The highest BCUT2D eigenvalue weighted by Gasteiger charge is 2.37. The van der Waals surface area contributed by atoms with Crippen LogP contribution in [0.15, 0.2) is 30.3 Å². The van der Waals surface area contributed by atoms with E-state index >= 15 is 0 Å². The van der Waals surface area contributed by atoms with Crippen LogP contribution in [0.3, 0.4) is 0 Å². The number of nitrogens with one attached hydrogen (secondary N) is 1. The van der Waals surface area contributed by atoms with Gasteiger partial charge in [-0.1, -0.05) is 30.3 Å². The lowest BCUT2D eigenvalue weighted by molar-refractivity contribution is 0.291. The van der Waals surface area contributed by atoms with Crippen molar-refractivity contribution >= 4 is 0 Å². The number of hydrogen-bond acceptors (Lipinski definition) is 2. The normalized spacial score (nSPS) is 30.4. The van der Waals surface area contributed by atoms with Gasteiger partial charge in [0, 0.05) is 24.7 Å². The van der Waals surface area contributed by atoms with E-state index in [0.717, 1.165) is 6.04 Å². The molecular formula is C15H22N2. The Morgan fingerprint density at radius 1 is 1.18 bits per heavy atom. The molecular weight excluding hydrogens is 208 g/mol. The van der Waals surface area contributed by atoms with E-state index in [1.165, 1.54) is 37.9 Å². The van der Waals surface area contributed by atoms with E-state index in [0.29, 0.717) is 12.1 Å². The highest BCUT2D eigenvalue weighted by molar-refractivity contribution is 5.18. The summed E-state index contributed by atoms with van der Waals surface area (Å²) < 4.78 is 0. The van der Waals surface area contributed by atoms with Crippen molar-refractivity contribution < 1.29 is 0 Å². The molecule has 1 N–H and O–H groups in total. The van der Waals surface area contributed by atoms with Crippen molar-refractivity contribution in [1.29, 1.82) is 0 Å². The molecule has 2 saturated heterocycles. The first kappa shape index (κ1) is 11.2. The third-order valence-corrected chi connectivity index (χ3v) is 4.37. The SMILES string of the molecule is CC(NC1CCN2CCCC12)c1ccccc1. The van der Waals surface area contributed by atoms with Gasteiger partial charge in [0.25, 0.3) is 0 Å². The molecule has 0 bridgehead atoms. The maximum Gasteiger partial charge on any atom is 0.0295 e. The van der Waals surface area contributed by atoms with Crippen molar-refractivity contribution in [2.24, 2.45) is 0 Å². The summed E-state index contributed by atoms with van der Waals surface area (Å²) in [7, 11) is 0. The van der Waals surface area contributed by atoms with E-state index in [-0.39, 0.29) is 0 Å². The standard InChI is InChI=1S/C15H22N2/c1-12(13-6-3-2-4-7-13)16-14-9-11-17-10-5-8-15(14)17/h2-4,6-7,12,14-16H,5,8-11H2,1H3. The van der Waals surface area contributed by atoms with Gasteiger partial charge >= 0.3 is 0 Å². The molecule has 0 aromatic heterocycles. The summed E-state index contributed by atoms with van der Waals surface area (Å²) in [5.74, 6) is 0. The van der Waals surface area contributed by atoms with Crippen molar-refractivity contribution in [3.63, 3.8) is 0 Å². The Balaban J connectivity index is 1.64.